The van der Waals surface area contributed by atoms with E-state index in [1.54, 1.807) is 19.1 Å². The quantitative estimate of drug-likeness (QED) is 0.563. The number of aromatic nitrogens is 2. The van der Waals surface area contributed by atoms with Crippen molar-refractivity contribution < 1.29 is 9.53 Å². The molecule has 0 fully saturated rings. The summed E-state index contributed by atoms with van der Waals surface area (Å²) in [6.45, 7) is 1.78. The van der Waals surface area contributed by atoms with Crippen LogP contribution >= 0.6 is 11.6 Å². The van der Waals surface area contributed by atoms with E-state index >= 15 is 0 Å². The van der Waals surface area contributed by atoms with Crippen molar-refractivity contribution in [3.05, 3.63) is 80.7 Å². The van der Waals surface area contributed by atoms with Gasteiger partial charge in [-0.1, -0.05) is 29.8 Å². The van der Waals surface area contributed by atoms with Crippen molar-refractivity contribution in [1.29, 1.82) is 0 Å². The molecule has 0 aliphatic rings. The Kier molecular flexibility index (Phi) is 5.04. The van der Waals surface area contributed by atoms with E-state index < -0.39 is 5.97 Å². The first kappa shape index (κ1) is 17.7. The van der Waals surface area contributed by atoms with E-state index in [1.807, 2.05) is 30.3 Å². The molecule has 7 heteroatoms. The van der Waals surface area contributed by atoms with Crippen LogP contribution in [0.1, 0.15) is 21.6 Å². The lowest BCUT2D eigenvalue weighted by molar-refractivity contribution is 0.0601. The van der Waals surface area contributed by atoms with Gasteiger partial charge in [0.2, 0.25) is 0 Å². The minimum absolute atomic E-state index is 0.237. The summed E-state index contributed by atoms with van der Waals surface area (Å²) in [5, 5.41) is 3.45. The van der Waals surface area contributed by atoms with Crippen LogP contribution in [0.25, 0.3) is 5.69 Å². The van der Waals surface area contributed by atoms with Gasteiger partial charge in [0.1, 0.15) is 0 Å². The van der Waals surface area contributed by atoms with E-state index in [0.29, 0.717) is 22.0 Å². The summed E-state index contributed by atoms with van der Waals surface area (Å²) in [6.07, 6.45) is 1.42. The molecule has 1 aromatic heterocycles. The van der Waals surface area contributed by atoms with Gasteiger partial charge < -0.3 is 4.74 Å². The summed E-state index contributed by atoms with van der Waals surface area (Å²) in [4.78, 5) is 28.8. The van der Waals surface area contributed by atoms with Crippen LogP contribution in [-0.2, 0) is 4.74 Å². The Morgan fingerprint density at radius 3 is 2.65 bits per heavy atom. The van der Waals surface area contributed by atoms with Gasteiger partial charge in [-0.3, -0.25) is 14.9 Å². The lowest BCUT2D eigenvalue weighted by Crippen LogP contribution is -2.17. The monoisotopic (exact) mass is 369 g/mol. The first-order valence-corrected chi connectivity index (χ1v) is 8.18. The van der Waals surface area contributed by atoms with Crippen LogP contribution in [0.4, 0.5) is 5.69 Å². The zero-order chi connectivity index (χ0) is 18.7. The summed E-state index contributed by atoms with van der Waals surface area (Å²) >= 11 is 6.00. The van der Waals surface area contributed by atoms with Gasteiger partial charge in [-0.15, -0.1) is 0 Å². The molecule has 0 bridgehead atoms. The number of carbonyl (C=O) groups excluding carboxylic acids is 1. The molecule has 3 rings (SSSR count). The average Bonchev–Trinajstić information content (AvgIpc) is 2.94. The number of rotatable bonds is 4. The third-order valence-electron chi connectivity index (χ3n) is 3.83. The largest absolute Gasteiger partial charge is 0.465 e. The minimum atomic E-state index is -0.527. The molecule has 0 aliphatic heterocycles. The van der Waals surface area contributed by atoms with E-state index in [4.69, 9.17) is 16.3 Å². The van der Waals surface area contributed by atoms with Gasteiger partial charge >= 0.3 is 5.97 Å². The van der Waals surface area contributed by atoms with Gasteiger partial charge in [-0.05, 0) is 37.3 Å². The molecule has 1 heterocycles. The molecule has 0 saturated carbocycles. The number of halogens is 1. The van der Waals surface area contributed by atoms with Crippen molar-refractivity contribution >= 4 is 29.5 Å². The summed E-state index contributed by atoms with van der Waals surface area (Å²) < 4.78 is 6.19. The highest BCUT2D eigenvalue weighted by molar-refractivity contribution is 6.31. The summed E-state index contributed by atoms with van der Waals surface area (Å²) in [7, 11) is 1.29. The molecule has 0 radical (unpaired) electrons. The van der Waals surface area contributed by atoms with Crippen LogP contribution in [0, 0.1) is 6.92 Å². The van der Waals surface area contributed by atoms with Crippen LogP contribution < -0.4 is 5.56 Å². The number of nitrogens with one attached hydrogen (secondary N) is 1. The molecule has 0 saturated heterocycles. The molecule has 0 aliphatic carbocycles. The molecule has 2 aromatic carbocycles. The smallest absolute Gasteiger partial charge is 0.340 e. The Hall–Kier alpha value is -3.12. The number of methoxy groups -OCH3 is 1. The standard InChI is InChI=1S/C19H16ClN3O3/c1-12-16(18(24)23(22-12)14-6-4-3-5-7-14)11-21-17-10-13(20)8-9-15(17)19(25)26-2/h3-11,22H,1-2H3. The molecule has 0 atom stereocenters. The maximum Gasteiger partial charge on any atom is 0.340 e. The number of hydrogen-bond acceptors (Lipinski definition) is 4. The highest BCUT2D eigenvalue weighted by Gasteiger charge is 2.13. The van der Waals surface area contributed by atoms with Crippen LogP contribution in [0.3, 0.4) is 0 Å². The second-order valence-corrected chi connectivity index (χ2v) is 5.97. The fraction of sp³-hybridized carbons (Fsp3) is 0.105. The summed E-state index contributed by atoms with van der Waals surface area (Å²) in [5.74, 6) is -0.527. The van der Waals surface area contributed by atoms with Crippen molar-refractivity contribution in [3.63, 3.8) is 0 Å². The van der Waals surface area contributed by atoms with Crippen LogP contribution in [0.2, 0.25) is 5.02 Å². The number of H-pyrrole nitrogens is 1. The number of benzene rings is 2. The van der Waals surface area contributed by atoms with E-state index in [-0.39, 0.29) is 11.1 Å². The first-order chi connectivity index (χ1) is 12.5. The number of carbonyl (C=O) groups is 1. The number of aromatic amines is 1. The number of para-hydroxylation sites is 1. The van der Waals surface area contributed by atoms with Gasteiger partial charge in [-0.2, -0.15) is 0 Å². The van der Waals surface area contributed by atoms with Gasteiger partial charge in [-0.25, -0.2) is 9.48 Å². The predicted octanol–water partition coefficient (Wildman–Crippen LogP) is 3.66. The van der Waals surface area contributed by atoms with E-state index in [1.165, 1.54) is 24.1 Å². The molecule has 0 amide bonds. The van der Waals surface area contributed by atoms with E-state index in [9.17, 15) is 9.59 Å². The molecule has 3 aromatic rings. The summed E-state index contributed by atoms with van der Waals surface area (Å²) in [5.41, 5.74) is 2.13. The third kappa shape index (κ3) is 3.45. The Morgan fingerprint density at radius 2 is 1.96 bits per heavy atom. The number of aryl methyl sites for hydroxylation is 1. The Bertz CT molecular complexity index is 1040. The predicted molar refractivity (Wildman–Crippen MR) is 101 cm³/mol. The molecule has 132 valence electrons. The van der Waals surface area contributed by atoms with Crippen molar-refractivity contribution in [1.82, 2.24) is 9.78 Å². The zero-order valence-corrected chi connectivity index (χ0v) is 14.9. The number of aliphatic imine (C=N–C) groups is 1. The van der Waals surface area contributed by atoms with Crippen LogP contribution in [-0.4, -0.2) is 29.1 Å². The second-order valence-electron chi connectivity index (χ2n) is 5.54. The molecular weight excluding hydrogens is 354 g/mol. The van der Waals surface area contributed by atoms with Crippen LogP contribution in [0.5, 0.6) is 0 Å². The van der Waals surface area contributed by atoms with Gasteiger partial charge in [0.25, 0.3) is 5.56 Å². The van der Waals surface area contributed by atoms with Crippen molar-refractivity contribution in [3.8, 4) is 5.69 Å². The highest BCUT2D eigenvalue weighted by atomic mass is 35.5. The Morgan fingerprint density at radius 1 is 1.23 bits per heavy atom. The zero-order valence-electron chi connectivity index (χ0n) is 14.2. The van der Waals surface area contributed by atoms with Gasteiger partial charge in [0, 0.05) is 16.9 Å². The summed E-state index contributed by atoms with van der Waals surface area (Å²) in [6, 6.07) is 13.9. The number of ether oxygens (including phenoxy) is 1. The molecule has 6 nitrogen and oxygen atoms in total. The Balaban J connectivity index is 2.03. The lowest BCUT2D eigenvalue weighted by atomic mass is 10.2. The molecule has 1 N–H and O–H groups in total. The topological polar surface area (TPSA) is 76.4 Å². The maximum absolute atomic E-state index is 12.7. The number of esters is 1. The molecule has 0 spiro atoms. The second kappa shape index (κ2) is 7.41. The van der Waals surface area contributed by atoms with Crippen molar-refractivity contribution in [2.24, 2.45) is 4.99 Å². The van der Waals surface area contributed by atoms with Crippen molar-refractivity contribution in [2.45, 2.75) is 6.92 Å². The number of nitrogens with zero attached hydrogens (tertiary/aromatic N) is 2. The fourth-order valence-corrected chi connectivity index (χ4v) is 2.67. The Labute approximate surface area is 154 Å². The lowest BCUT2D eigenvalue weighted by Gasteiger charge is -2.03. The van der Waals surface area contributed by atoms with E-state index in [0.717, 1.165) is 5.69 Å². The number of hydrogen-bond donors (Lipinski definition) is 1. The van der Waals surface area contributed by atoms with Gasteiger partial charge in [0.15, 0.2) is 0 Å². The molecule has 0 unspecified atom stereocenters. The minimum Gasteiger partial charge on any atom is -0.465 e. The van der Waals surface area contributed by atoms with Gasteiger partial charge in [0.05, 0.1) is 29.6 Å². The molecule has 26 heavy (non-hydrogen) atoms. The fourth-order valence-electron chi connectivity index (χ4n) is 2.50. The van der Waals surface area contributed by atoms with E-state index in [2.05, 4.69) is 10.1 Å². The highest BCUT2D eigenvalue weighted by Crippen LogP contribution is 2.24. The first-order valence-electron chi connectivity index (χ1n) is 7.80. The maximum atomic E-state index is 12.7. The normalized spacial score (nSPS) is 11.0. The average molecular weight is 370 g/mol. The molecular formula is C19H16ClN3O3. The van der Waals surface area contributed by atoms with Crippen LogP contribution in [0.15, 0.2) is 58.3 Å². The van der Waals surface area contributed by atoms with Crippen molar-refractivity contribution in [2.75, 3.05) is 7.11 Å². The SMILES string of the molecule is COC(=O)c1ccc(Cl)cc1N=Cc1c(C)[nH]n(-c2ccccc2)c1=O. The third-order valence-corrected chi connectivity index (χ3v) is 4.06.